The number of nitrogens with zero attached hydrogens (tertiary/aromatic N) is 4. The minimum atomic E-state index is -0.226. The summed E-state index contributed by atoms with van der Waals surface area (Å²) in [7, 11) is 0. The number of hydrogen-bond donors (Lipinski definition) is 1. The SMILES string of the molecule is Fc1ccc(CNc2c3c(nc4nc(-c5ccccc5)nn24)CCCC3)cc1. The summed E-state index contributed by atoms with van der Waals surface area (Å²) in [6.45, 7) is 0.590. The van der Waals surface area contributed by atoms with Crippen LogP contribution in [0.4, 0.5) is 10.2 Å². The highest BCUT2D eigenvalue weighted by Gasteiger charge is 2.21. The monoisotopic (exact) mass is 373 g/mol. The van der Waals surface area contributed by atoms with Crippen LogP contribution in [0.5, 0.6) is 0 Å². The predicted molar refractivity (Wildman–Crippen MR) is 107 cm³/mol. The summed E-state index contributed by atoms with van der Waals surface area (Å²) in [6.07, 6.45) is 4.23. The second-order valence-corrected chi connectivity index (χ2v) is 7.09. The average molecular weight is 373 g/mol. The van der Waals surface area contributed by atoms with Gasteiger partial charge in [0.05, 0.1) is 5.69 Å². The first-order valence-corrected chi connectivity index (χ1v) is 9.60. The van der Waals surface area contributed by atoms with Crippen LogP contribution in [-0.4, -0.2) is 19.6 Å². The quantitative estimate of drug-likeness (QED) is 0.575. The molecule has 1 N–H and O–H groups in total. The van der Waals surface area contributed by atoms with Crippen LogP contribution in [0, 0.1) is 5.82 Å². The van der Waals surface area contributed by atoms with Crippen molar-refractivity contribution in [2.75, 3.05) is 5.32 Å². The van der Waals surface area contributed by atoms with Gasteiger partial charge in [0.15, 0.2) is 5.82 Å². The molecule has 2 heterocycles. The van der Waals surface area contributed by atoms with Crippen LogP contribution < -0.4 is 5.32 Å². The standard InChI is InChI=1S/C22H20FN5/c23-17-12-10-15(11-13-17)14-24-21-18-8-4-5-9-19(18)25-22-26-20(27-28(21)22)16-6-2-1-3-7-16/h1-3,6-7,10-13,24H,4-5,8-9,14H2. The molecule has 28 heavy (non-hydrogen) atoms. The van der Waals surface area contributed by atoms with Gasteiger partial charge in [-0.25, -0.2) is 9.37 Å². The lowest BCUT2D eigenvalue weighted by molar-refractivity contribution is 0.627. The van der Waals surface area contributed by atoms with Gasteiger partial charge in [0.1, 0.15) is 11.6 Å². The molecule has 1 aliphatic rings. The molecule has 0 fully saturated rings. The molecule has 0 unspecified atom stereocenters. The lowest BCUT2D eigenvalue weighted by Gasteiger charge is -2.20. The number of halogens is 1. The molecule has 0 aliphatic heterocycles. The first-order valence-electron chi connectivity index (χ1n) is 9.60. The Hall–Kier alpha value is -3.28. The van der Waals surface area contributed by atoms with E-state index in [4.69, 9.17) is 10.1 Å². The fourth-order valence-corrected chi connectivity index (χ4v) is 3.72. The Kier molecular flexibility index (Phi) is 4.24. The van der Waals surface area contributed by atoms with Crippen molar-refractivity contribution in [3.63, 3.8) is 0 Å². The Morgan fingerprint density at radius 3 is 2.54 bits per heavy atom. The summed E-state index contributed by atoms with van der Waals surface area (Å²) < 4.78 is 15.0. The van der Waals surface area contributed by atoms with Gasteiger partial charge < -0.3 is 5.32 Å². The van der Waals surface area contributed by atoms with Crippen LogP contribution in [-0.2, 0) is 19.4 Å². The van der Waals surface area contributed by atoms with Gasteiger partial charge in [-0.05, 0) is 43.4 Å². The topological polar surface area (TPSA) is 55.1 Å². The van der Waals surface area contributed by atoms with Gasteiger partial charge in [0.2, 0.25) is 0 Å². The van der Waals surface area contributed by atoms with Crippen molar-refractivity contribution >= 4 is 11.6 Å². The molecule has 5 rings (SSSR count). The van der Waals surface area contributed by atoms with Crippen LogP contribution in [0.1, 0.15) is 29.7 Å². The van der Waals surface area contributed by atoms with E-state index in [1.807, 2.05) is 34.8 Å². The molecule has 0 spiro atoms. The van der Waals surface area contributed by atoms with E-state index in [1.54, 1.807) is 12.1 Å². The van der Waals surface area contributed by atoms with Gasteiger partial charge >= 0.3 is 0 Å². The number of benzene rings is 2. The summed E-state index contributed by atoms with van der Waals surface area (Å²) >= 11 is 0. The normalized spacial score (nSPS) is 13.5. The Bertz CT molecular complexity index is 1120. The van der Waals surface area contributed by atoms with E-state index in [-0.39, 0.29) is 5.82 Å². The molecule has 0 radical (unpaired) electrons. The Labute approximate surface area is 162 Å². The average Bonchev–Trinajstić information content (AvgIpc) is 3.17. The van der Waals surface area contributed by atoms with Gasteiger partial charge in [-0.3, -0.25) is 0 Å². The maximum Gasteiger partial charge on any atom is 0.254 e. The zero-order valence-electron chi connectivity index (χ0n) is 15.4. The molecule has 6 heteroatoms. The second-order valence-electron chi connectivity index (χ2n) is 7.09. The maximum atomic E-state index is 13.2. The molecular weight excluding hydrogens is 353 g/mol. The molecule has 2 aromatic carbocycles. The van der Waals surface area contributed by atoms with Crippen LogP contribution in [0.25, 0.3) is 17.2 Å². The van der Waals surface area contributed by atoms with Crippen molar-refractivity contribution in [1.82, 2.24) is 19.6 Å². The fraction of sp³-hybridized carbons (Fsp3) is 0.227. The van der Waals surface area contributed by atoms with E-state index in [1.165, 1.54) is 17.7 Å². The molecule has 1 aliphatic carbocycles. The number of fused-ring (bicyclic) bond motifs is 2. The zero-order chi connectivity index (χ0) is 18.9. The highest BCUT2D eigenvalue weighted by atomic mass is 19.1. The molecule has 0 amide bonds. The predicted octanol–water partition coefficient (Wildman–Crippen LogP) is 4.42. The number of rotatable bonds is 4. The summed E-state index contributed by atoms with van der Waals surface area (Å²) in [6, 6.07) is 16.5. The minimum absolute atomic E-state index is 0.226. The summed E-state index contributed by atoms with van der Waals surface area (Å²) in [4.78, 5) is 9.46. The first-order chi connectivity index (χ1) is 13.8. The summed E-state index contributed by atoms with van der Waals surface area (Å²) in [5.74, 6) is 2.00. The molecule has 0 bridgehead atoms. The molecule has 4 aromatic rings. The number of nitrogens with one attached hydrogen (secondary N) is 1. The van der Waals surface area contributed by atoms with Crippen LogP contribution in [0.3, 0.4) is 0 Å². The Balaban J connectivity index is 1.58. The van der Waals surface area contributed by atoms with Gasteiger partial charge in [-0.15, -0.1) is 5.10 Å². The third-order valence-electron chi connectivity index (χ3n) is 5.17. The maximum absolute atomic E-state index is 13.2. The van der Waals surface area contributed by atoms with Gasteiger partial charge in [-0.2, -0.15) is 9.50 Å². The molecule has 0 saturated heterocycles. The highest BCUT2D eigenvalue weighted by molar-refractivity contribution is 5.60. The fourth-order valence-electron chi connectivity index (χ4n) is 3.72. The lowest BCUT2D eigenvalue weighted by atomic mass is 9.96. The van der Waals surface area contributed by atoms with Gasteiger partial charge in [0.25, 0.3) is 5.78 Å². The summed E-state index contributed by atoms with van der Waals surface area (Å²) in [5.41, 5.74) is 4.30. The third kappa shape index (κ3) is 3.11. The van der Waals surface area contributed by atoms with Crippen molar-refractivity contribution in [2.24, 2.45) is 0 Å². The molecule has 140 valence electrons. The van der Waals surface area contributed by atoms with E-state index < -0.39 is 0 Å². The van der Waals surface area contributed by atoms with Crippen molar-refractivity contribution in [3.05, 3.63) is 77.2 Å². The highest BCUT2D eigenvalue weighted by Crippen LogP contribution is 2.29. The smallest absolute Gasteiger partial charge is 0.254 e. The van der Waals surface area contributed by atoms with E-state index in [0.717, 1.165) is 48.3 Å². The van der Waals surface area contributed by atoms with Crippen molar-refractivity contribution < 1.29 is 4.39 Å². The first kappa shape index (κ1) is 16.9. The number of hydrogen-bond acceptors (Lipinski definition) is 4. The second kappa shape index (κ2) is 7.03. The molecule has 0 saturated carbocycles. The van der Waals surface area contributed by atoms with E-state index in [0.29, 0.717) is 18.1 Å². The summed E-state index contributed by atoms with van der Waals surface area (Å²) in [5, 5.41) is 8.25. The molecule has 0 atom stereocenters. The third-order valence-corrected chi connectivity index (χ3v) is 5.17. The molecule has 5 nitrogen and oxygen atoms in total. The molecule has 2 aromatic heterocycles. The number of aromatic nitrogens is 4. The Morgan fingerprint density at radius 1 is 0.929 bits per heavy atom. The van der Waals surface area contributed by atoms with E-state index in [9.17, 15) is 4.39 Å². The van der Waals surface area contributed by atoms with Gasteiger partial charge in [0, 0.05) is 17.7 Å². The van der Waals surface area contributed by atoms with Crippen molar-refractivity contribution in [3.8, 4) is 11.4 Å². The van der Waals surface area contributed by atoms with Gasteiger partial charge in [-0.1, -0.05) is 42.5 Å². The van der Waals surface area contributed by atoms with Crippen LogP contribution >= 0.6 is 0 Å². The van der Waals surface area contributed by atoms with Crippen LogP contribution in [0.15, 0.2) is 54.6 Å². The van der Waals surface area contributed by atoms with Crippen molar-refractivity contribution in [2.45, 2.75) is 32.2 Å². The Morgan fingerprint density at radius 2 is 1.71 bits per heavy atom. The van der Waals surface area contributed by atoms with E-state index >= 15 is 0 Å². The largest absolute Gasteiger partial charge is 0.366 e. The zero-order valence-corrected chi connectivity index (χ0v) is 15.4. The van der Waals surface area contributed by atoms with E-state index in [2.05, 4.69) is 10.3 Å². The minimum Gasteiger partial charge on any atom is -0.366 e. The van der Waals surface area contributed by atoms with Crippen molar-refractivity contribution in [1.29, 1.82) is 0 Å². The number of aryl methyl sites for hydroxylation is 1. The molecular formula is C22H20FN5. The van der Waals surface area contributed by atoms with Crippen LogP contribution in [0.2, 0.25) is 0 Å². The number of anilines is 1. The lowest BCUT2D eigenvalue weighted by Crippen LogP contribution is -2.15.